The molecule has 0 N–H and O–H groups in total. The van der Waals surface area contributed by atoms with E-state index in [0.717, 1.165) is 33.4 Å². The molecule has 4 aromatic carbocycles. The molecule has 0 radical (unpaired) electrons. The molecular formula is C40H32BN3. The number of hydrogen-bond acceptors (Lipinski definition) is 3. The minimum atomic E-state index is -0.121. The van der Waals surface area contributed by atoms with Gasteiger partial charge in [-0.15, -0.1) is 0 Å². The Morgan fingerprint density at radius 2 is 1.50 bits per heavy atom. The van der Waals surface area contributed by atoms with Gasteiger partial charge in [0.25, 0.3) is 0 Å². The predicted octanol–water partition coefficient (Wildman–Crippen LogP) is 8.01. The highest BCUT2D eigenvalue weighted by atomic mass is 15.2. The Morgan fingerprint density at radius 3 is 2.23 bits per heavy atom. The highest BCUT2D eigenvalue weighted by Gasteiger charge is 2.39. The summed E-state index contributed by atoms with van der Waals surface area (Å²) < 4.78 is 0. The average molecular weight is 566 g/mol. The Morgan fingerprint density at radius 1 is 0.795 bits per heavy atom. The Hall–Kier alpha value is -5.22. The van der Waals surface area contributed by atoms with Crippen molar-refractivity contribution < 1.29 is 0 Å². The van der Waals surface area contributed by atoms with Gasteiger partial charge in [-0.1, -0.05) is 128 Å². The van der Waals surface area contributed by atoms with Crippen molar-refractivity contribution in [3.63, 3.8) is 0 Å². The zero-order valence-electron chi connectivity index (χ0n) is 25.3. The summed E-state index contributed by atoms with van der Waals surface area (Å²) in [7, 11) is 1.87. The molecule has 0 atom stereocenters. The van der Waals surface area contributed by atoms with E-state index in [1.807, 2.05) is 19.3 Å². The van der Waals surface area contributed by atoms with Gasteiger partial charge in [0.1, 0.15) is 0 Å². The highest BCUT2D eigenvalue weighted by molar-refractivity contribution is 6.95. The monoisotopic (exact) mass is 565 g/mol. The number of pyridine rings is 1. The molecule has 0 bridgehead atoms. The number of hydrogen-bond donors (Lipinski definition) is 0. The Bertz CT molecular complexity index is 2100. The van der Waals surface area contributed by atoms with Gasteiger partial charge in [0.2, 0.25) is 6.71 Å². The van der Waals surface area contributed by atoms with E-state index in [4.69, 9.17) is 4.98 Å². The second kappa shape index (κ2) is 9.92. The number of aliphatic imine (C=N–C) groups is 1. The Labute approximate surface area is 259 Å². The number of aromatic nitrogens is 1. The molecule has 3 heterocycles. The van der Waals surface area contributed by atoms with Crippen molar-refractivity contribution in [2.75, 3.05) is 11.9 Å². The largest absolute Gasteiger partial charge is 0.308 e. The lowest BCUT2D eigenvalue weighted by atomic mass is 9.31. The fraction of sp³-hybridized carbons (Fsp3) is 0.100. The summed E-state index contributed by atoms with van der Waals surface area (Å²) in [5.74, 6) is 0. The van der Waals surface area contributed by atoms with Crippen molar-refractivity contribution >= 4 is 56.9 Å². The van der Waals surface area contributed by atoms with Crippen molar-refractivity contribution in [2.45, 2.75) is 19.3 Å². The molecule has 1 aromatic heterocycles. The van der Waals surface area contributed by atoms with Crippen molar-refractivity contribution in [3.05, 3.63) is 162 Å². The molecule has 4 heteroatoms. The molecule has 44 heavy (non-hydrogen) atoms. The second-order valence-corrected chi connectivity index (χ2v) is 12.2. The molecular weight excluding hydrogens is 533 g/mol. The fourth-order valence-corrected chi connectivity index (χ4v) is 7.66. The molecule has 3 nitrogen and oxygen atoms in total. The van der Waals surface area contributed by atoms with Gasteiger partial charge in [0, 0.05) is 24.2 Å². The van der Waals surface area contributed by atoms with Crippen LogP contribution in [-0.4, -0.2) is 24.5 Å². The summed E-state index contributed by atoms with van der Waals surface area (Å²) in [6, 6.07) is 35.2. The lowest BCUT2D eigenvalue weighted by Gasteiger charge is -2.42. The van der Waals surface area contributed by atoms with Crippen LogP contribution in [0.1, 0.15) is 30.5 Å². The van der Waals surface area contributed by atoms with Crippen LogP contribution >= 0.6 is 0 Å². The number of para-hydroxylation sites is 2. The van der Waals surface area contributed by atoms with E-state index in [1.54, 1.807) is 0 Å². The lowest BCUT2D eigenvalue weighted by Crippen LogP contribution is -2.49. The van der Waals surface area contributed by atoms with Gasteiger partial charge in [-0.3, -0.25) is 9.98 Å². The van der Waals surface area contributed by atoms with Gasteiger partial charge in [0.05, 0.1) is 28.3 Å². The molecule has 210 valence electrons. The number of rotatable bonds is 3. The topological polar surface area (TPSA) is 28.5 Å². The molecule has 0 amide bonds. The first kappa shape index (κ1) is 26.4. The first-order valence-corrected chi connectivity index (χ1v) is 15.2. The molecule has 0 spiro atoms. The Kier molecular flexibility index (Phi) is 5.96. The van der Waals surface area contributed by atoms with Gasteiger partial charge < -0.3 is 4.90 Å². The third-order valence-corrected chi connectivity index (χ3v) is 9.63. The first-order valence-electron chi connectivity index (χ1n) is 15.2. The van der Waals surface area contributed by atoms with Crippen LogP contribution in [0.15, 0.2) is 150 Å². The van der Waals surface area contributed by atoms with Crippen molar-refractivity contribution in [2.24, 2.45) is 4.99 Å². The summed E-state index contributed by atoms with van der Waals surface area (Å²) in [6.07, 6.45) is 10.4. The van der Waals surface area contributed by atoms with Crippen LogP contribution in [0.3, 0.4) is 0 Å². The van der Waals surface area contributed by atoms with E-state index in [-0.39, 0.29) is 12.1 Å². The molecule has 8 rings (SSSR count). The van der Waals surface area contributed by atoms with Gasteiger partial charge in [-0.2, -0.15) is 0 Å². The molecule has 0 saturated carbocycles. The molecule has 0 fully saturated rings. The predicted molar refractivity (Wildman–Crippen MR) is 188 cm³/mol. The van der Waals surface area contributed by atoms with Gasteiger partial charge in [-0.25, -0.2) is 0 Å². The third kappa shape index (κ3) is 3.64. The molecule has 1 aliphatic carbocycles. The molecule has 0 unspecified atom stereocenters. The zero-order chi connectivity index (χ0) is 30.0. The van der Waals surface area contributed by atoms with Gasteiger partial charge in [0.15, 0.2) is 0 Å². The van der Waals surface area contributed by atoms with E-state index in [0.29, 0.717) is 0 Å². The normalized spacial score (nSPS) is 17.2. The minimum absolute atomic E-state index is 0.0206. The number of benzene rings is 4. The number of nitrogens with zero attached hydrogens (tertiary/aromatic N) is 3. The Balaban J connectivity index is 1.40. The highest BCUT2D eigenvalue weighted by Crippen LogP contribution is 2.52. The van der Waals surface area contributed by atoms with E-state index in [1.165, 1.54) is 44.5 Å². The second-order valence-electron chi connectivity index (χ2n) is 12.2. The van der Waals surface area contributed by atoms with E-state index < -0.39 is 0 Å². The summed E-state index contributed by atoms with van der Waals surface area (Å²) in [4.78, 5) is 12.2. The van der Waals surface area contributed by atoms with Crippen molar-refractivity contribution in [3.8, 4) is 0 Å². The van der Waals surface area contributed by atoms with Gasteiger partial charge in [-0.05, 0) is 58.0 Å². The summed E-state index contributed by atoms with van der Waals surface area (Å²) >= 11 is 0. The minimum Gasteiger partial charge on any atom is -0.308 e. The number of allylic oxidation sites excluding steroid dienone is 7. The summed E-state index contributed by atoms with van der Waals surface area (Å²) in [6.45, 7) is 8.89. The fourth-order valence-electron chi connectivity index (χ4n) is 7.66. The van der Waals surface area contributed by atoms with E-state index in [9.17, 15) is 0 Å². The molecule has 0 saturated heterocycles. The van der Waals surface area contributed by atoms with Crippen LogP contribution in [0, 0.1) is 0 Å². The third-order valence-electron chi connectivity index (χ3n) is 9.63. The lowest BCUT2D eigenvalue weighted by molar-refractivity contribution is 0.632. The maximum Gasteiger partial charge on any atom is 0.243 e. The van der Waals surface area contributed by atoms with Crippen LogP contribution < -0.4 is 15.8 Å². The molecule has 5 aromatic rings. The molecule has 3 aliphatic rings. The van der Waals surface area contributed by atoms with Crippen LogP contribution in [0.2, 0.25) is 0 Å². The summed E-state index contributed by atoms with van der Waals surface area (Å²) in [5.41, 5.74) is 15.2. The van der Waals surface area contributed by atoms with Crippen molar-refractivity contribution in [1.29, 1.82) is 0 Å². The van der Waals surface area contributed by atoms with E-state index in [2.05, 4.69) is 146 Å². The maximum atomic E-state index is 5.09. The van der Waals surface area contributed by atoms with E-state index >= 15 is 0 Å². The van der Waals surface area contributed by atoms with Crippen LogP contribution in [0.4, 0.5) is 17.1 Å². The van der Waals surface area contributed by atoms with Crippen LogP contribution in [-0.2, 0) is 5.41 Å². The van der Waals surface area contributed by atoms with Crippen LogP contribution in [0.5, 0.6) is 0 Å². The summed E-state index contributed by atoms with van der Waals surface area (Å²) in [5, 5.41) is 1.15. The van der Waals surface area contributed by atoms with Crippen LogP contribution in [0.25, 0.3) is 16.5 Å². The number of fused-ring (bicyclic) bond motifs is 5. The average Bonchev–Trinajstić information content (AvgIpc) is 3.07. The first-order chi connectivity index (χ1) is 21.5. The zero-order valence-corrected chi connectivity index (χ0v) is 25.3. The standard InChI is InChI=1S/C40H32BN3/c1-5-26-27-14-6-9-18-31(27)41(33-19-12-20-34(42-4)38(26)33)32-23-24-37(39-28(32)15-13-25-43-39)44-35-21-10-7-16-29(35)40(2,3)30-17-8-11-22-36(30)44/h5-25H,1H2,2-4H3/b42-34-. The van der Waals surface area contributed by atoms with Crippen molar-refractivity contribution in [1.82, 2.24) is 4.98 Å². The molecule has 2 aliphatic heterocycles. The number of anilines is 3. The quantitative estimate of drug-likeness (QED) is 0.207. The maximum absolute atomic E-state index is 5.09. The SMILES string of the molecule is C=CC1=C2C(=CC=C/C2=N/C)B(c2ccc(N3c4ccccc4C(C)(C)c4ccccc43)c3ncccc23)c2ccccc21. The smallest absolute Gasteiger partial charge is 0.243 e. The van der Waals surface area contributed by atoms with Gasteiger partial charge >= 0.3 is 0 Å².